The summed E-state index contributed by atoms with van der Waals surface area (Å²) >= 11 is 6.06. The molecule has 4 nitrogen and oxygen atoms in total. The molecule has 0 amide bonds. The first-order valence-electron chi connectivity index (χ1n) is 7.50. The van der Waals surface area contributed by atoms with Crippen LogP contribution < -0.4 is 0 Å². The highest BCUT2D eigenvalue weighted by Gasteiger charge is 2.15. The summed E-state index contributed by atoms with van der Waals surface area (Å²) in [6.07, 6.45) is 2.86. The number of aromatic nitrogens is 3. The predicted octanol–water partition coefficient (Wildman–Crippen LogP) is 4.67. The van der Waals surface area contributed by atoms with Gasteiger partial charge in [0.2, 0.25) is 0 Å². The molecule has 2 aromatic heterocycles. The minimum atomic E-state index is 0.606. The summed E-state index contributed by atoms with van der Waals surface area (Å²) in [5, 5.41) is 12.0. The third-order valence-electron chi connectivity index (χ3n) is 4.07. The van der Waals surface area contributed by atoms with Crippen molar-refractivity contribution in [3.8, 4) is 6.07 Å². The van der Waals surface area contributed by atoms with E-state index in [9.17, 15) is 5.26 Å². The molecule has 0 saturated carbocycles. The van der Waals surface area contributed by atoms with Crippen molar-refractivity contribution in [2.24, 2.45) is 0 Å². The van der Waals surface area contributed by atoms with Crippen LogP contribution in [0, 0.1) is 11.3 Å². The summed E-state index contributed by atoms with van der Waals surface area (Å²) in [5.74, 6) is 0. The van der Waals surface area contributed by atoms with Gasteiger partial charge < -0.3 is 4.57 Å². The van der Waals surface area contributed by atoms with E-state index in [2.05, 4.69) is 27.5 Å². The Kier molecular flexibility index (Phi) is 3.17. The van der Waals surface area contributed by atoms with Crippen LogP contribution in [0.25, 0.3) is 32.8 Å². The number of hydrogen-bond acceptors (Lipinski definition) is 3. The van der Waals surface area contributed by atoms with Crippen LogP contribution in [0.4, 0.5) is 0 Å². The molecule has 4 aromatic rings. The van der Waals surface area contributed by atoms with Gasteiger partial charge in [-0.3, -0.25) is 0 Å². The maximum atomic E-state index is 9.73. The lowest BCUT2D eigenvalue weighted by molar-refractivity contribution is 0.697. The van der Waals surface area contributed by atoms with E-state index in [1.54, 1.807) is 12.1 Å². The number of aryl methyl sites for hydroxylation is 1. The van der Waals surface area contributed by atoms with Crippen LogP contribution in [0.2, 0.25) is 5.02 Å². The van der Waals surface area contributed by atoms with E-state index in [1.807, 2.05) is 24.5 Å². The lowest BCUT2D eigenvalue weighted by Gasteiger charge is -2.07. The Balaban J connectivity index is 2.19. The molecule has 23 heavy (non-hydrogen) atoms. The zero-order chi connectivity index (χ0) is 16.0. The van der Waals surface area contributed by atoms with Gasteiger partial charge >= 0.3 is 0 Å². The van der Waals surface area contributed by atoms with Crippen LogP contribution in [-0.2, 0) is 6.54 Å². The molecule has 0 aliphatic heterocycles. The average molecular weight is 321 g/mol. The molecule has 112 valence electrons. The molecule has 0 bridgehead atoms. The van der Waals surface area contributed by atoms with E-state index in [0.29, 0.717) is 10.6 Å². The minimum Gasteiger partial charge on any atom is -0.331 e. The highest BCUT2D eigenvalue weighted by Crippen LogP contribution is 2.32. The van der Waals surface area contributed by atoms with Gasteiger partial charge in [-0.15, -0.1) is 0 Å². The first-order chi connectivity index (χ1) is 11.2. The number of benzene rings is 2. The maximum Gasteiger partial charge on any atom is 0.101 e. The summed E-state index contributed by atoms with van der Waals surface area (Å²) in [6.45, 7) is 3.03. The second-order valence-corrected chi connectivity index (χ2v) is 5.96. The van der Waals surface area contributed by atoms with Crippen molar-refractivity contribution in [1.29, 1.82) is 5.26 Å². The third-order valence-corrected chi connectivity index (χ3v) is 4.30. The summed E-state index contributed by atoms with van der Waals surface area (Å²) < 4.78 is 2.11. The zero-order valence-electron chi connectivity index (χ0n) is 12.5. The Bertz CT molecular complexity index is 1110. The standard InChI is InChI=1S/C18H13ClN4/c1-2-7-23-10-21-18-16(23)6-5-14-17(18)13(9-20)12-4-3-11(19)8-15(12)22-14/h3-6,8,10H,2,7H2,1H3. The smallest absolute Gasteiger partial charge is 0.101 e. The predicted molar refractivity (Wildman–Crippen MR) is 92.6 cm³/mol. The number of fused-ring (bicyclic) bond motifs is 4. The van der Waals surface area contributed by atoms with Gasteiger partial charge in [0.1, 0.15) is 6.07 Å². The molecular weight excluding hydrogens is 308 g/mol. The molecule has 5 heteroatoms. The normalized spacial score (nSPS) is 11.3. The van der Waals surface area contributed by atoms with Gasteiger partial charge in [0.25, 0.3) is 0 Å². The van der Waals surface area contributed by atoms with Gasteiger partial charge in [-0.2, -0.15) is 5.26 Å². The number of pyridine rings is 1. The molecule has 0 aliphatic rings. The Morgan fingerprint density at radius 2 is 2.09 bits per heavy atom. The van der Waals surface area contributed by atoms with Crippen LogP contribution in [0.1, 0.15) is 18.9 Å². The molecule has 2 aromatic carbocycles. The first kappa shape index (κ1) is 14.0. The molecular formula is C18H13ClN4. The van der Waals surface area contributed by atoms with Gasteiger partial charge in [-0.05, 0) is 36.8 Å². The quantitative estimate of drug-likeness (QED) is 0.504. The second kappa shape index (κ2) is 5.22. The molecule has 0 spiro atoms. The topological polar surface area (TPSA) is 54.5 Å². The molecule has 4 rings (SSSR count). The van der Waals surface area contributed by atoms with E-state index in [0.717, 1.165) is 45.8 Å². The van der Waals surface area contributed by atoms with Crippen molar-refractivity contribution < 1.29 is 0 Å². The molecule has 2 heterocycles. The van der Waals surface area contributed by atoms with E-state index >= 15 is 0 Å². The summed E-state index contributed by atoms with van der Waals surface area (Å²) in [5.41, 5.74) is 3.97. The van der Waals surface area contributed by atoms with Crippen molar-refractivity contribution >= 4 is 44.4 Å². The van der Waals surface area contributed by atoms with Gasteiger partial charge in [0.15, 0.2) is 0 Å². The first-order valence-corrected chi connectivity index (χ1v) is 7.87. The highest BCUT2D eigenvalue weighted by atomic mass is 35.5. The van der Waals surface area contributed by atoms with Gasteiger partial charge in [-0.1, -0.05) is 18.5 Å². The van der Waals surface area contributed by atoms with Crippen LogP contribution >= 0.6 is 11.6 Å². The van der Waals surface area contributed by atoms with Crippen molar-refractivity contribution in [2.45, 2.75) is 19.9 Å². The fourth-order valence-corrected chi connectivity index (χ4v) is 3.24. The lowest BCUT2D eigenvalue weighted by atomic mass is 10.0. The largest absolute Gasteiger partial charge is 0.331 e. The van der Waals surface area contributed by atoms with Crippen LogP contribution in [-0.4, -0.2) is 14.5 Å². The fraction of sp³-hybridized carbons (Fsp3) is 0.167. The summed E-state index contributed by atoms with van der Waals surface area (Å²) in [4.78, 5) is 9.21. The van der Waals surface area contributed by atoms with Crippen molar-refractivity contribution in [2.75, 3.05) is 0 Å². The van der Waals surface area contributed by atoms with Crippen molar-refractivity contribution in [1.82, 2.24) is 14.5 Å². The van der Waals surface area contributed by atoms with E-state index in [4.69, 9.17) is 11.6 Å². The van der Waals surface area contributed by atoms with Crippen molar-refractivity contribution in [3.63, 3.8) is 0 Å². The molecule has 0 unspecified atom stereocenters. The summed E-state index contributed by atoms with van der Waals surface area (Å²) in [6, 6.07) is 11.7. The van der Waals surface area contributed by atoms with Gasteiger partial charge in [0.05, 0.1) is 34.0 Å². The monoisotopic (exact) mass is 320 g/mol. The molecule has 0 fully saturated rings. The van der Waals surface area contributed by atoms with Gasteiger partial charge in [-0.25, -0.2) is 9.97 Å². The average Bonchev–Trinajstić information content (AvgIpc) is 2.96. The van der Waals surface area contributed by atoms with E-state index in [1.165, 1.54) is 0 Å². The Hall–Kier alpha value is -2.64. The van der Waals surface area contributed by atoms with E-state index in [-0.39, 0.29) is 0 Å². The fourth-order valence-electron chi connectivity index (χ4n) is 3.07. The Morgan fingerprint density at radius 3 is 2.87 bits per heavy atom. The Labute approximate surface area is 137 Å². The molecule has 0 atom stereocenters. The number of imidazole rings is 1. The third kappa shape index (κ3) is 2.05. The summed E-state index contributed by atoms with van der Waals surface area (Å²) in [7, 11) is 0. The number of rotatable bonds is 2. The highest BCUT2D eigenvalue weighted by molar-refractivity contribution is 6.31. The van der Waals surface area contributed by atoms with E-state index < -0.39 is 0 Å². The molecule has 0 aliphatic carbocycles. The SMILES string of the molecule is CCCn1cnc2c3c(C#N)c4ccc(Cl)cc4nc3ccc21. The maximum absolute atomic E-state index is 9.73. The molecule has 0 radical (unpaired) electrons. The Morgan fingerprint density at radius 1 is 1.22 bits per heavy atom. The number of nitrogens with zero attached hydrogens (tertiary/aromatic N) is 4. The number of hydrogen-bond donors (Lipinski definition) is 0. The van der Waals surface area contributed by atoms with Gasteiger partial charge in [0, 0.05) is 22.3 Å². The lowest BCUT2D eigenvalue weighted by Crippen LogP contribution is -1.94. The zero-order valence-corrected chi connectivity index (χ0v) is 13.3. The second-order valence-electron chi connectivity index (χ2n) is 5.53. The van der Waals surface area contributed by atoms with Crippen molar-refractivity contribution in [3.05, 3.63) is 47.2 Å². The number of halogens is 1. The molecule has 0 saturated heterocycles. The van der Waals surface area contributed by atoms with Crippen LogP contribution in [0.5, 0.6) is 0 Å². The van der Waals surface area contributed by atoms with Crippen LogP contribution in [0.3, 0.4) is 0 Å². The number of nitriles is 1. The van der Waals surface area contributed by atoms with Crippen LogP contribution in [0.15, 0.2) is 36.7 Å². The minimum absolute atomic E-state index is 0.606. The molecule has 0 N–H and O–H groups in total.